The van der Waals surface area contributed by atoms with Gasteiger partial charge in [0.1, 0.15) is 11.8 Å². The van der Waals surface area contributed by atoms with E-state index in [1.165, 1.54) is 0 Å². The summed E-state index contributed by atoms with van der Waals surface area (Å²) in [6, 6.07) is 3.65. The molecule has 1 amide bonds. The molecule has 0 radical (unpaired) electrons. The number of amides is 1. The maximum absolute atomic E-state index is 11.5. The fourth-order valence-electron chi connectivity index (χ4n) is 2.60. The third kappa shape index (κ3) is 2.97. The predicted molar refractivity (Wildman–Crippen MR) is 78.3 cm³/mol. The van der Waals surface area contributed by atoms with Crippen LogP contribution in [0.2, 0.25) is 5.02 Å². The predicted octanol–water partition coefficient (Wildman–Crippen LogP) is 2.27. The lowest BCUT2D eigenvalue weighted by atomic mass is 9.89. The van der Waals surface area contributed by atoms with Crippen molar-refractivity contribution < 1.29 is 14.6 Å². The Bertz CT molecular complexity index is 608. The maximum Gasteiger partial charge on any atom is 0.220 e. The number of hydrogen-bond acceptors (Lipinski definition) is 4. The zero-order valence-corrected chi connectivity index (χ0v) is 12.7. The summed E-state index contributed by atoms with van der Waals surface area (Å²) in [6.45, 7) is 4.27. The van der Waals surface area contributed by atoms with Crippen molar-refractivity contribution in [3.63, 3.8) is 0 Å². The van der Waals surface area contributed by atoms with Crippen LogP contribution in [0.25, 0.3) is 0 Å². The first-order valence-corrected chi connectivity index (χ1v) is 7.21. The molecule has 21 heavy (non-hydrogen) atoms. The molecule has 2 N–H and O–H groups in total. The summed E-state index contributed by atoms with van der Waals surface area (Å²) in [5.74, 6) is 0.227. The van der Waals surface area contributed by atoms with Crippen LogP contribution in [-0.4, -0.2) is 24.2 Å². The number of aliphatic hydroxyl groups is 1. The summed E-state index contributed by atoms with van der Waals surface area (Å²) in [7, 11) is 0. The van der Waals surface area contributed by atoms with E-state index >= 15 is 0 Å². The second-order valence-electron chi connectivity index (χ2n) is 4.99. The highest BCUT2D eigenvalue weighted by Gasteiger charge is 2.31. The molecule has 2 atom stereocenters. The van der Waals surface area contributed by atoms with Crippen molar-refractivity contribution in [2.75, 3.05) is 13.2 Å². The Hall–Kier alpha value is -1.77. The van der Waals surface area contributed by atoms with Gasteiger partial charge in [0.05, 0.1) is 23.3 Å². The molecule has 0 saturated carbocycles. The molecule has 2 unspecified atom stereocenters. The number of nitrogens with zero attached hydrogens (tertiary/aromatic N) is 1. The highest BCUT2D eigenvalue weighted by molar-refractivity contribution is 6.32. The van der Waals surface area contributed by atoms with Crippen molar-refractivity contribution in [1.29, 1.82) is 5.26 Å². The van der Waals surface area contributed by atoms with Crippen LogP contribution in [0, 0.1) is 11.3 Å². The van der Waals surface area contributed by atoms with Crippen LogP contribution < -0.4 is 10.1 Å². The molecule has 0 aromatic heterocycles. The molecule has 0 bridgehead atoms. The average molecular weight is 309 g/mol. The van der Waals surface area contributed by atoms with Gasteiger partial charge in [0, 0.05) is 30.0 Å². The minimum absolute atomic E-state index is 0.0649. The van der Waals surface area contributed by atoms with E-state index in [4.69, 9.17) is 16.3 Å². The van der Waals surface area contributed by atoms with E-state index in [9.17, 15) is 15.2 Å². The van der Waals surface area contributed by atoms with Gasteiger partial charge in [-0.05, 0) is 19.9 Å². The highest BCUT2D eigenvalue weighted by Crippen LogP contribution is 2.42. The van der Waals surface area contributed by atoms with Crippen LogP contribution in [-0.2, 0) is 4.79 Å². The molecule has 0 aliphatic carbocycles. The largest absolute Gasteiger partial charge is 0.493 e. The fraction of sp³-hybridized carbons (Fsp3) is 0.467. The number of aliphatic hydroxyl groups excluding tert-OH is 1. The van der Waals surface area contributed by atoms with Gasteiger partial charge in [0.15, 0.2) is 0 Å². The number of nitrogens with one attached hydrogen (secondary N) is 1. The quantitative estimate of drug-likeness (QED) is 0.894. The summed E-state index contributed by atoms with van der Waals surface area (Å²) in [5.41, 5.74) is 1.46. The van der Waals surface area contributed by atoms with Crippen molar-refractivity contribution in [2.45, 2.75) is 32.3 Å². The topological polar surface area (TPSA) is 82.3 Å². The molecule has 1 aromatic rings. The van der Waals surface area contributed by atoms with Gasteiger partial charge >= 0.3 is 0 Å². The number of carbonyl (C=O) groups excluding carboxylic acids is 1. The lowest BCUT2D eigenvalue weighted by Crippen LogP contribution is -2.14. The second-order valence-corrected chi connectivity index (χ2v) is 5.40. The molecule has 1 aromatic carbocycles. The average Bonchev–Trinajstić information content (AvgIpc) is 2.86. The van der Waals surface area contributed by atoms with E-state index < -0.39 is 6.10 Å². The monoisotopic (exact) mass is 308 g/mol. The first-order valence-electron chi connectivity index (χ1n) is 6.83. The van der Waals surface area contributed by atoms with Gasteiger partial charge in [-0.2, -0.15) is 5.26 Å². The minimum Gasteiger partial charge on any atom is -0.493 e. The van der Waals surface area contributed by atoms with Crippen molar-refractivity contribution in [1.82, 2.24) is 5.32 Å². The first-order chi connectivity index (χ1) is 9.99. The molecule has 2 rings (SSSR count). The Morgan fingerprint density at radius 2 is 2.38 bits per heavy atom. The molecule has 6 heteroatoms. The van der Waals surface area contributed by atoms with Crippen LogP contribution in [0.1, 0.15) is 49.0 Å². The molecular weight excluding hydrogens is 292 g/mol. The van der Waals surface area contributed by atoms with E-state index in [0.29, 0.717) is 35.6 Å². The van der Waals surface area contributed by atoms with Gasteiger partial charge in [0.2, 0.25) is 5.91 Å². The zero-order chi connectivity index (χ0) is 15.6. The Labute approximate surface area is 128 Å². The van der Waals surface area contributed by atoms with E-state index in [2.05, 4.69) is 11.4 Å². The van der Waals surface area contributed by atoms with Crippen molar-refractivity contribution in [2.24, 2.45) is 0 Å². The molecule has 1 aliphatic rings. The summed E-state index contributed by atoms with van der Waals surface area (Å²) in [6.07, 6.45) is -0.491. The summed E-state index contributed by atoms with van der Waals surface area (Å²) < 4.78 is 5.67. The highest BCUT2D eigenvalue weighted by atomic mass is 35.5. The number of nitriles is 1. The fourth-order valence-corrected chi connectivity index (χ4v) is 2.86. The number of benzene rings is 1. The van der Waals surface area contributed by atoms with Crippen molar-refractivity contribution in [3.8, 4) is 11.8 Å². The smallest absolute Gasteiger partial charge is 0.220 e. The van der Waals surface area contributed by atoms with Crippen LogP contribution in [0.4, 0.5) is 0 Å². The molecule has 5 nitrogen and oxygen atoms in total. The van der Waals surface area contributed by atoms with E-state index in [1.807, 2.05) is 6.92 Å². The zero-order valence-electron chi connectivity index (χ0n) is 11.9. The summed E-state index contributed by atoms with van der Waals surface area (Å²) in [4.78, 5) is 11.5. The molecule has 1 aliphatic heterocycles. The van der Waals surface area contributed by atoms with Gasteiger partial charge < -0.3 is 15.2 Å². The van der Waals surface area contributed by atoms with Gasteiger partial charge in [-0.25, -0.2) is 0 Å². The second kappa shape index (κ2) is 6.33. The van der Waals surface area contributed by atoms with Crippen LogP contribution in [0.5, 0.6) is 5.75 Å². The standard InChI is InChI=1S/C15H17ClN2O3/c1-3-21-15-10(8(2)19)5-12(16)11(6-17)14(15)9-4-13(20)18-7-9/h5,8-9,19H,3-4,7H2,1-2H3,(H,18,20). The van der Waals surface area contributed by atoms with Gasteiger partial charge in [-0.15, -0.1) is 0 Å². The van der Waals surface area contributed by atoms with Crippen LogP contribution in [0.15, 0.2) is 6.07 Å². The Morgan fingerprint density at radius 3 is 2.86 bits per heavy atom. The third-order valence-electron chi connectivity index (χ3n) is 3.53. The maximum atomic E-state index is 11.5. The number of carbonyl (C=O) groups is 1. The molecular formula is C15H17ClN2O3. The summed E-state index contributed by atoms with van der Waals surface area (Å²) >= 11 is 6.17. The molecule has 0 spiro atoms. The number of rotatable bonds is 4. The van der Waals surface area contributed by atoms with Crippen LogP contribution >= 0.6 is 11.6 Å². The number of halogens is 1. The van der Waals surface area contributed by atoms with Crippen LogP contribution in [0.3, 0.4) is 0 Å². The van der Waals surface area contributed by atoms with Crippen molar-refractivity contribution in [3.05, 3.63) is 27.8 Å². The Balaban J connectivity index is 2.67. The van der Waals surface area contributed by atoms with E-state index in [-0.39, 0.29) is 23.3 Å². The SMILES string of the molecule is CCOc1c(C(C)O)cc(Cl)c(C#N)c1C1CNC(=O)C1. The normalized spacial score (nSPS) is 19.0. The number of hydrogen-bond donors (Lipinski definition) is 2. The Kier molecular flexibility index (Phi) is 4.71. The summed E-state index contributed by atoms with van der Waals surface area (Å²) in [5, 5.41) is 22.3. The van der Waals surface area contributed by atoms with Crippen molar-refractivity contribution >= 4 is 17.5 Å². The molecule has 1 heterocycles. The van der Waals surface area contributed by atoms with E-state index in [1.54, 1.807) is 13.0 Å². The lowest BCUT2D eigenvalue weighted by molar-refractivity contribution is -0.119. The molecule has 1 saturated heterocycles. The molecule has 1 fully saturated rings. The van der Waals surface area contributed by atoms with Gasteiger partial charge in [-0.1, -0.05) is 11.6 Å². The number of ether oxygens (including phenoxy) is 1. The van der Waals surface area contributed by atoms with E-state index in [0.717, 1.165) is 0 Å². The van der Waals surface area contributed by atoms with Gasteiger partial charge in [0.25, 0.3) is 0 Å². The van der Waals surface area contributed by atoms with Gasteiger partial charge in [-0.3, -0.25) is 4.79 Å². The third-order valence-corrected chi connectivity index (χ3v) is 3.83. The molecule has 112 valence electrons. The lowest BCUT2D eigenvalue weighted by Gasteiger charge is -2.21. The first kappa shape index (κ1) is 15.6. The Morgan fingerprint density at radius 1 is 1.67 bits per heavy atom. The minimum atomic E-state index is -0.777.